The molecule has 1 heterocycles. The van der Waals surface area contributed by atoms with Gasteiger partial charge in [0.2, 0.25) is 0 Å². The van der Waals surface area contributed by atoms with Gasteiger partial charge >= 0.3 is 0 Å². The highest BCUT2D eigenvalue weighted by atomic mass is 32.1. The SMILES string of the molecule is COc1ccc(C(N)c2cc3c(s2)CCC3)cc1. The molecule has 1 atom stereocenters. The Bertz CT molecular complexity index is 523. The van der Waals surface area contributed by atoms with Gasteiger partial charge in [-0.1, -0.05) is 12.1 Å². The number of hydrogen-bond acceptors (Lipinski definition) is 3. The van der Waals surface area contributed by atoms with Crippen molar-refractivity contribution in [2.45, 2.75) is 25.3 Å². The molecule has 3 rings (SSSR count). The van der Waals surface area contributed by atoms with Gasteiger partial charge in [0.15, 0.2) is 0 Å². The maximum atomic E-state index is 6.34. The first-order chi connectivity index (χ1) is 8.78. The zero-order valence-electron chi connectivity index (χ0n) is 10.5. The van der Waals surface area contributed by atoms with Crippen LogP contribution in [0.1, 0.15) is 33.3 Å². The quantitative estimate of drug-likeness (QED) is 0.918. The summed E-state index contributed by atoms with van der Waals surface area (Å²) in [6.07, 6.45) is 3.76. The number of methoxy groups -OCH3 is 1. The predicted octanol–water partition coefficient (Wildman–Crippen LogP) is 3.29. The first kappa shape index (κ1) is 11.8. The number of thiophene rings is 1. The fourth-order valence-electron chi connectivity index (χ4n) is 2.48. The molecule has 94 valence electrons. The van der Waals surface area contributed by atoms with Crippen molar-refractivity contribution < 1.29 is 4.74 Å². The molecule has 18 heavy (non-hydrogen) atoms. The van der Waals surface area contributed by atoms with Gasteiger partial charge in [-0.05, 0) is 48.6 Å². The van der Waals surface area contributed by atoms with E-state index in [1.54, 1.807) is 7.11 Å². The molecule has 0 bridgehead atoms. The Hall–Kier alpha value is -1.32. The van der Waals surface area contributed by atoms with Crippen LogP contribution in [-0.4, -0.2) is 7.11 Å². The standard InChI is InChI=1S/C15H17NOS/c1-17-12-7-5-10(6-8-12)15(16)14-9-11-3-2-4-13(11)18-14/h5-9,15H,2-4,16H2,1H3. The fraction of sp³-hybridized carbons (Fsp3) is 0.333. The molecule has 0 amide bonds. The average Bonchev–Trinajstić information content (AvgIpc) is 2.99. The number of nitrogens with two attached hydrogens (primary N) is 1. The minimum atomic E-state index is -0.00786. The van der Waals surface area contributed by atoms with Gasteiger partial charge in [-0.2, -0.15) is 0 Å². The lowest BCUT2D eigenvalue weighted by molar-refractivity contribution is 0.414. The van der Waals surface area contributed by atoms with Crippen molar-refractivity contribution in [1.29, 1.82) is 0 Å². The minimum Gasteiger partial charge on any atom is -0.497 e. The molecule has 0 spiro atoms. The molecule has 1 aromatic carbocycles. The molecule has 2 aromatic rings. The monoisotopic (exact) mass is 259 g/mol. The Morgan fingerprint density at radius 3 is 2.67 bits per heavy atom. The van der Waals surface area contributed by atoms with Gasteiger partial charge in [-0.15, -0.1) is 11.3 Å². The van der Waals surface area contributed by atoms with Crippen molar-refractivity contribution in [3.05, 3.63) is 51.2 Å². The topological polar surface area (TPSA) is 35.2 Å². The second-order valence-electron chi connectivity index (χ2n) is 4.70. The Kier molecular flexibility index (Phi) is 3.10. The molecule has 1 unspecified atom stereocenters. The highest BCUT2D eigenvalue weighted by Crippen LogP contribution is 2.35. The van der Waals surface area contributed by atoms with Crippen LogP contribution >= 0.6 is 11.3 Å². The fourth-order valence-corrected chi connectivity index (χ4v) is 3.77. The Morgan fingerprint density at radius 1 is 1.22 bits per heavy atom. The van der Waals surface area contributed by atoms with Crippen molar-refractivity contribution in [2.75, 3.05) is 7.11 Å². The molecule has 0 saturated heterocycles. The predicted molar refractivity (Wildman–Crippen MR) is 75.4 cm³/mol. The van der Waals surface area contributed by atoms with Crippen LogP contribution in [0.2, 0.25) is 0 Å². The van der Waals surface area contributed by atoms with Crippen LogP contribution in [0.15, 0.2) is 30.3 Å². The van der Waals surface area contributed by atoms with Crippen molar-refractivity contribution in [2.24, 2.45) is 5.73 Å². The summed E-state index contributed by atoms with van der Waals surface area (Å²) in [5.41, 5.74) is 9.00. The largest absolute Gasteiger partial charge is 0.497 e. The number of hydrogen-bond donors (Lipinski definition) is 1. The molecule has 3 heteroatoms. The second-order valence-corrected chi connectivity index (χ2v) is 5.87. The maximum absolute atomic E-state index is 6.34. The van der Waals surface area contributed by atoms with Crippen LogP contribution in [0.3, 0.4) is 0 Å². The molecule has 1 aromatic heterocycles. The number of rotatable bonds is 3. The lowest BCUT2D eigenvalue weighted by Crippen LogP contribution is -2.10. The van der Waals surface area contributed by atoms with Gasteiger partial charge in [0.05, 0.1) is 13.2 Å². The zero-order valence-corrected chi connectivity index (χ0v) is 11.3. The van der Waals surface area contributed by atoms with Crippen LogP contribution in [0.25, 0.3) is 0 Å². The summed E-state index contributed by atoms with van der Waals surface area (Å²) in [6, 6.07) is 10.3. The van der Waals surface area contributed by atoms with E-state index in [9.17, 15) is 0 Å². The Morgan fingerprint density at radius 2 is 2.00 bits per heavy atom. The maximum Gasteiger partial charge on any atom is 0.118 e. The van der Waals surface area contributed by atoms with Gasteiger partial charge in [0, 0.05) is 9.75 Å². The number of aryl methyl sites for hydroxylation is 2. The molecular weight excluding hydrogens is 242 g/mol. The summed E-state index contributed by atoms with van der Waals surface area (Å²) < 4.78 is 5.17. The van der Waals surface area contributed by atoms with E-state index >= 15 is 0 Å². The Balaban J connectivity index is 1.86. The number of benzene rings is 1. The van der Waals surface area contributed by atoms with Gasteiger partial charge in [-0.3, -0.25) is 0 Å². The van der Waals surface area contributed by atoms with E-state index < -0.39 is 0 Å². The third kappa shape index (κ3) is 2.04. The normalized spacial score (nSPS) is 15.4. The Labute approximate surface area is 111 Å². The smallest absolute Gasteiger partial charge is 0.118 e. The van der Waals surface area contributed by atoms with Crippen molar-refractivity contribution in [3.8, 4) is 5.75 Å². The minimum absolute atomic E-state index is 0.00786. The third-order valence-corrected chi connectivity index (χ3v) is 4.87. The van der Waals surface area contributed by atoms with Crippen LogP contribution in [0, 0.1) is 0 Å². The van der Waals surface area contributed by atoms with Gasteiger partial charge in [0.1, 0.15) is 5.75 Å². The molecule has 2 nitrogen and oxygen atoms in total. The van der Waals surface area contributed by atoms with Crippen LogP contribution in [0.4, 0.5) is 0 Å². The zero-order chi connectivity index (χ0) is 12.5. The third-order valence-electron chi connectivity index (χ3n) is 3.55. The van der Waals surface area contributed by atoms with E-state index in [1.807, 2.05) is 35.6 Å². The molecule has 0 radical (unpaired) electrons. The van der Waals surface area contributed by atoms with Crippen molar-refractivity contribution in [3.63, 3.8) is 0 Å². The summed E-state index contributed by atoms with van der Waals surface area (Å²) in [5.74, 6) is 0.875. The molecule has 1 aliphatic rings. The first-order valence-electron chi connectivity index (χ1n) is 6.29. The van der Waals surface area contributed by atoms with E-state index in [2.05, 4.69) is 6.07 Å². The second kappa shape index (κ2) is 4.75. The summed E-state index contributed by atoms with van der Waals surface area (Å²) in [6.45, 7) is 0. The first-order valence-corrected chi connectivity index (χ1v) is 7.10. The summed E-state index contributed by atoms with van der Waals surface area (Å²) in [5, 5.41) is 0. The van der Waals surface area contributed by atoms with E-state index in [4.69, 9.17) is 10.5 Å². The lowest BCUT2D eigenvalue weighted by Gasteiger charge is -2.10. The summed E-state index contributed by atoms with van der Waals surface area (Å²) in [7, 11) is 1.68. The highest BCUT2D eigenvalue weighted by molar-refractivity contribution is 7.12. The molecule has 1 aliphatic carbocycles. The van der Waals surface area contributed by atoms with Crippen molar-refractivity contribution >= 4 is 11.3 Å². The van der Waals surface area contributed by atoms with E-state index in [0.717, 1.165) is 11.3 Å². The summed E-state index contributed by atoms with van der Waals surface area (Å²) >= 11 is 1.88. The van der Waals surface area contributed by atoms with Crippen LogP contribution < -0.4 is 10.5 Å². The van der Waals surface area contributed by atoms with E-state index in [-0.39, 0.29) is 6.04 Å². The highest BCUT2D eigenvalue weighted by Gasteiger charge is 2.18. The van der Waals surface area contributed by atoms with Crippen LogP contribution in [0.5, 0.6) is 5.75 Å². The molecule has 0 fully saturated rings. The molecular formula is C15H17NOS. The van der Waals surface area contributed by atoms with E-state index in [1.165, 1.54) is 34.6 Å². The van der Waals surface area contributed by atoms with Gasteiger partial charge in [-0.25, -0.2) is 0 Å². The lowest BCUT2D eigenvalue weighted by atomic mass is 10.1. The average molecular weight is 259 g/mol. The van der Waals surface area contributed by atoms with Gasteiger partial charge in [0.25, 0.3) is 0 Å². The number of ether oxygens (including phenoxy) is 1. The number of fused-ring (bicyclic) bond motifs is 1. The van der Waals surface area contributed by atoms with Crippen molar-refractivity contribution in [1.82, 2.24) is 0 Å². The summed E-state index contributed by atoms with van der Waals surface area (Å²) in [4.78, 5) is 2.82. The van der Waals surface area contributed by atoms with E-state index in [0.29, 0.717) is 0 Å². The van der Waals surface area contributed by atoms with Crippen LogP contribution in [-0.2, 0) is 12.8 Å². The molecule has 0 aliphatic heterocycles. The van der Waals surface area contributed by atoms with Gasteiger partial charge < -0.3 is 10.5 Å². The molecule has 0 saturated carbocycles. The molecule has 2 N–H and O–H groups in total.